The Morgan fingerprint density at radius 2 is 1.74 bits per heavy atom. The number of nitriles is 1. The van der Waals surface area contributed by atoms with Crippen molar-refractivity contribution >= 4 is 33.3 Å². The van der Waals surface area contributed by atoms with Gasteiger partial charge in [-0.1, -0.05) is 60.1 Å². The summed E-state index contributed by atoms with van der Waals surface area (Å²) in [5.74, 6) is -1.48. The van der Waals surface area contributed by atoms with Crippen LogP contribution in [-0.2, 0) is 21.2 Å². The van der Waals surface area contributed by atoms with E-state index in [0.29, 0.717) is 12.0 Å². The number of carbonyl (C=O) groups is 1. The zero-order valence-electron chi connectivity index (χ0n) is 16.3. The molecule has 0 aliphatic carbocycles. The predicted octanol–water partition coefficient (Wildman–Crippen LogP) is 4.81. The number of benzene rings is 3. The summed E-state index contributed by atoms with van der Waals surface area (Å²) in [6.07, 6.45) is 0.295. The van der Waals surface area contributed by atoms with E-state index in [4.69, 9.17) is 16.7 Å². The van der Waals surface area contributed by atoms with Crippen LogP contribution in [0.4, 0.5) is 5.69 Å². The van der Waals surface area contributed by atoms with Crippen LogP contribution in [0, 0.1) is 11.3 Å². The van der Waals surface area contributed by atoms with Gasteiger partial charge >= 0.3 is 5.97 Å². The molecule has 0 aliphatic heterocycles. The van der Waals surface area contributed by atoms with E-state index in [9.17, 15) is 18.5 Å². The van der Waals surface area contributed by atoms with Crippen LogP contribution in [0.5, 0.6) is 0 Å². The summed E-state index contributed by atoms with van der Waals surface area (Å²) < 4.78 is 27.9. The Kier molecular flexibility index (Phi) is 6.95. The topological polar surface area (TPSA) is 107 Å². The standard InChI is InChI=1S/C23H19ClN2O4S/c24-22-14-18(9-12-20(22)21(15-25)17-4-2-1-3-5-17)26-31(29,30)19-10-6-16(7-11-19)8-13-23(27)28/h1-7,9-12,14,21,26H,8,13H2,(H,27,28)/t21-/m0/s1. The van der Waals surface area contributed by atoms with Crippen molar-refractivity contribution in [3.05, 3.63) is 94.5 Å². The number of halogens is 1. The minimum Gasteiger partial charge on any atom is -0.481 e. The first kappa shape index (κ1) is 22.3. The van der Waals surface area contributed by atoms with Crippen LogP contribution in [-0.4, -0.2) is 19.5 Å². The van der Waals surface area contributed by atoms with Crippen LogP contribution in [0.2, 0.25) is 5.02 Å². The molecule has 0 bridgehead atoms. The normalized spacial score (nSPS) is 12.0. The van der Waals surface area contributed by atoms with E-state index in [0.717, 1.165) is 11.1 Å². The fourth-order valence-electron chi connectivity index (χ4n) is 3.09. The molecule has 0 heterocycles. The third kappa shape index (κ3) is 5.63. The van der Waals surface area contributed by atoms with Crippen molar-refractivity contribution in [3.8, 4) is 6.07 Å². The minimum absolute atomic E-state index is 0.0259. The summed E-state index contributed by atoms with van der Waals surface area (Å²) in [7, 11) is -3.86. The molecule has 1 atom stereocenters. The minimum atomic E-state index is -3.86. The lowest BCUT2D eigenvalue weighted by atomic mass is 9.92. The Balaban J connectivity index is 1.79. The molecule has 2 N–H and O–H groups in total. The Bertz CT molecular complexity index is 1220. The Labute approximate surface area is 185 Å². The van der Waals surface area contributed by atoms with E-state index in [2.05, 4.69) is 10.8 Å². The summed E-state index contributed by atoms with van der Waals surface area (Å²) in [4.78, 5) is 10.7. The molecule has 6 nitrogen and oxygen atoms in total. The average molecular weight is 455 g/mol. The van der Waals surface area contributed by atoms with Gasteiger partial charge in [0.1, 0.15) is 0 Å². The average Bonchev–Trinajstić information content (AvgIpc) is 2.75. The number of carboxylic acids is 1. The molecule has 0 aliphatic rings. The molecule has 0 saturated heterocycles. The van der Waals surface area contributed by atoms with E-state index < -0.39 is 21.9 Å². The highest BCUT2D eigenvalue weighted by atomic mass is 35.5. The SMILES string of the molecule is N#C[C@@H](c1ccccc1)c1ccc(NS(=O)(=O)c2ccc(CCC(=O)O)cc2)cc1Cl. The summed E-state index contributed by atoms with van der Waals surface area (Å²) >= 11 is 6.37. The lowest BCUT2D eigenvalue weighted by Crippen LogP contribution is -2.13. The van der Waals surface area contributed by atoms with Crippen molar-refractivity contribution in [2.75, 3.05) is 4.72 Å². The molecule has 31 heavy (non-hydrogen) atoms. The molecular weight excluding hydrogens is 436 g/mol. The van der Waals surface area contributed by atoms with E-state index in [1.54, 1.807) is 24.3 Å². The van der Waals surface area contributed by atoms with Gasteiger partial charge in [0.25, 0.3) is 10.0 Å². The van der Waals surface area contributed by atoms with Gasteiger partial charge < -0.3 is 5.11 Å². The molecule has 0 saturated carbocycles. The van der Waals surface area contributed by atoms with Gasteiger partial charge in [-0.15, -0.1) is 0 Å². The van der Waals surface area contributed by atoms with Gasteiger partial charge in [0, 0.05) is 11.4 Å². The van der Waals surface area contributed by atoms with E-state index in [1.807, 2.05) is 30.3 Å². The second-order valence-electron chi connectivity index (χ2n) is 6.85. The first-order chi connectivity index (χ1) is 14.8. The van der Waals surface area contributed by atoms with Crippen molar-refractivity contribution in [2.24, 2.45) is 0 Å². The summed E-state index contributed by atoms with van der Waals surface area (Å²) in [5, 5.41) is 18.6. The highest BCUT2D eigenvalue weighted by molar-refractivity contribution is 7.92. The van der Waals surface area contributed by atoms with Crippen LogP contribution in [0.3, 0.4) is 0 Å². The van der Waals surface area contributed by atoms with E-state index in [-0.39, 0.29) is 22.0 Å². The van der Waals surface area contributed by atoms with E-state index in [1.165, 1.54) is 18.2 Å². The number of aliphatic carboxylic acids is 1. The number of hydrogen-bond acceptors (Lipinski definition) is 4. The molecule has 158 valence electrons. The molecular formula is C23H19ClN2O4S. The third-order valence-electron chi connectivity index (χ3n) is 4.69. The number of aryl methyl sites for hydroxylation is 1. The Morgan fingerprint density at radius 1 is 1.06 bits per heavy atom. The molecule has 0 aromatic heterocycles. The second kappa shape index (κ2) is 9.65. The molecule has 0 radical (unpaired) electrons. The van der Waals surface area contributed by atoms with Gasteiger partial charge in [-0.2, -0.15) is 5.26 Å². The van der Waals surface area contributed by atoms with Gasteiger partial charge in [0.05, 0.1) is 22.6 Å². The molecule has 0 unspecified atom stereocenters. The number of sulfonamides is 1. The fraction of sp³-hybridized carbons (Fsp3) is 0.130. The first-order valence-electron chi connectivity index (χ1n) is 9.38. The summed E-state index contributed by atoms with van der Waals surface area (Å²) in [6, 6.07) is 22.1. The molecule has 8 heteroatoms. The lowest BCUT2D eigenvalue weighted by molar-refractivity contribution is -0.136. The largest absolute Gasteiger partial charge is 0.481 e. The number of hydrogen-bond donors (Lipinski definition) is 2. The molecule has 3 aromatic carbocycles. The van der Waals surface area contributed by atoms with Gasteiger partial charge in [-0.25, -0.2) is 8.42 Å². The van der Waals surface area contributed by atoms with Crippen LogP contribution < -0.4 is 4.72 Å². The van der Waals surface area contributed by atoms with Crippen molar-refractivity contribution in [2.45, 2.75) is 23.7 Å². The fourth-order valence-corrected chi connectivity index (χ4v) is 4.43. The van der Waals surface area contributed by atoms with Crippen molar-refractivity contribution < 1.29 is 18.3 Å². The summed E-state index contributed by atoms with van der Waals surface area (Å²) in [5.41, 5.74) is 2.38. The maximum Gasteiger partial charge on any atom is 0.303 e. The molecule has 0 spiro atoms. The smallest absolute Gasteiger partial charge is 0.303 e. The third-order valence-corrected chi connectivity index (χ3v) is 6.41. The maximum absolute atomic E-state index is 12.7. The number of nitrogens with one attached hydrogen (secondary N) is 1. The van der Waals surface area contributed by atoms with Crippen LogP contribution in [0.25, 0.3) is 0 Å². The monoisotopic (exact) mass is 454 g/mol. The number of nitrogens with zero attached hydrogens (tertiary/aromatic N) is 1. The van der Waals surface area contributed by atoms with Gasteiger partial charge in [-0.05, 0) is 47.4 Å². The van der Waals surface area contributed by atoms with Gasteiger partial charge in [-0.3, -0.25) is 9.52 Å². The van der Waals surface area contributed by atoms with E-state index >= 15 is 0 Å². The highest BCUT2D eigenvalue weighted by Crippen LogP contribution is 2.32. The molecule has 3 rings (SSSR count). The van der Waals surface area contributed by atoms with Crippen LogP contribution >= 0.6 is 11.6 Å². The van der Waals surface area contributed by atoms with Crippen molar-refractivity contribution in [1.82, 2.24) is 0 Å². The number of anilines is 1. The maximum atomic E-state index is 12.7. The Morgan fingerprint density at radius 3 is 2.32 bits per heavy atom. The number of rotatable bonds is 8. The van der Waals surface area contributed by atoms with Gasteiger partial charge in [0.15, 0.2) is 0 Å². The highest BCUT2D eigenvalue weighted by Gasteiger charge is 2.19. The second-order valence-corrected chi connectivity index (χ2v) is 8.94. The predicted molar refractivity (Wildman–Crippen MR) is 119 cm³/mol. The summed E-state index contributed by atoms with van der Waals surface area (Å²) in [6.45, 7) is 0. The zero-order chi connectivity index (χ0) is 22.4. The van der Waals surface area contributed by atoms with Crippen LogP contribution in [0.15, 0.2) is 77.7 Å². The number of carboxylic acid groups (broad SMARTS) is 1. The molecule has 3 aromatic rings. The first-order valence-corrected chi connectivity index (χ1v) is 11.2. The van der Waals surface area contributed by atoms with Crippen molar-refractivity contribution in [1.29, 1.82) is 5.26 Å². The lowest BCUT2D eigenvalue weighted by Gasteiger charge is -2.14. The van der Waals surface area contributed by atoms with Crippen LogP contribution in [0.1, 0.15) is 29.0 Å². The van der Waals surface area contributed by atoms with Gasteiger partial charge in [0.2, 0.25) is 0 Å². The molecule has 0 amide bonds. The zero-order valence-corrected chi connectivity index (χ0v) is 17.9. The Hall–Kier alpha value is -3.34. The molecule has 0 fully saturated rings. The van der Waals surface area contributed by atoms with Crippen molar-refractivity contribution in [3.63, 3.8) is 0 Å². The quantitative estimate of drug-likeness (QED) is 0.507.